The second-order valence-electron chi connectivity index (χ2n) is 7.02. The molecule has 166 valence electrons. The molecule has 0 aliphatic heterocycles. The summed E-state index contributed by atoms with van der Waals surface area (Å²) in [6, 6.07) is 7.18. The maximum absolute atomic E-state index is 13.1. The van der Waals surface area contributed by atoms with Gasteiger partial charge in [-0.05, 0) is 50.1 Å². The summed E-state index contributed by atoms with van der Waals surface area (Å²) in [6.07, 6.45) is 1.43. The molecule has 0 N–H and O–H groups in total. The van der Waals surface area contributed by atoms with Crippen LogP contribution in [0.25, 0.3) is 10.2 Å². The van der Waals surface area contributed by atoms with Crippen LogP contribution in [0.1, 0.15) is 34.1 Å². The largest absolute Gasteiger partial charge is 0.462 e. The molecule has 0 bridgehead atoms. The van der Waals surface area contributed by atoms with Crippen LogP contribution in [0.2, 0.25) is 5.02 Å². The second kappa shape index (κ2) is 9.94. The van der Waals surface area contributed by atoms with Crippen LogP contribution in [-0.4, -0.2) is 34.6 Å². The maximum Gasteiger partial charge on any atom is 0.348 e. The maximum atomic E-state index is 13.1. The number of ether oxygens (including phenoxy) is 1. The van der Waals surface area contributed by atoms with Crippen molar-refractivity contribution in [1.82, 2.24) is 9.55 Å². The number of esters is 1. The molecule has 2 heterocycles. The fourth-order valence-electron chi connectivity index (χ4n) is 3.25. The van der Waals surface area contributed by atoms with Gasteiger partial charge in [0.1, 0.15) is 16.3 Å². The molecular formula is C22H21ClN4O4S. The average molecular weight is 473 g/mol. The van der Waals surface area contributed by atoms with Crippen molar-refractivity contribution in [3.8, 4) is 6.07 Å². The summed E-state index contributed by atoms with van der Waals surface area (Å²) in [6.45, 7) is 5.32. The zero-order valence-electron chi connectivity index (χ0n) is 17.8. The number of nitriles is 1. The van der Waals surface area contributed by atoms with E-state index in [2.05, 4.69) is 4.98 Å². The van der Waals surface area contributed by atoms with Crippen LogP contribution in [0.4, 0.5) is 5.69 Å². The van der Waals surface area contributed by atoms with E-state index in [0.717, 1.165) is 16.9 Å². The smallest absolute Gasteiger partial charge is 0.348 e. The summed E-state index contributed by atoms with van der Waals surface area (Å²) < 4.78 is 6.26. The summed E-state index contributed by atoms with van der Waals surface area (Å²) in [5.41, 5.74) is 1.45. The normalized spacial score (nSPS) is 10.7. The minimum Gasteiger partial charge on any atom is -0.462 e. The van der Waals surface area contributed by atoms with Gasteiger partial charge in [-0.2, -0.15) is 5.26 Å². The number of carbonyl (C=O) groups excluding carboxylic acids is 2. The molecule has 0 spiro atoms. The van der Waals surface area contributed by atoms with Gasteiger partial charge in [0.2, 0.25) is 5.91 Å². The number of carbonyl (C=O) groups is 2. The lowest BCUT2D eigenvalue weighted by Gasteiger charge is -2.23. The number of anilines is 1. The highest BCUT2D eigenvalue weighted by molar-refractivity contribution is 7.20. The van der Waals surface area contributed by atoms with Gasteiger partial charge in [-0.1, -0.05) is 11.6 Å². The summed E-state index contributed by atoms with van der Waals surface area (Å²) in [5.74, 6) is -0.875. The molecule has 32 heavy (non-hydrogen) atoms. The summed E-state index contributed by atoms with van der Waals surface area (Å²) >= 11 is 7.18. The van der Waals surface area contributed by atoms with E-state index in [1.807, 2.05) is 13.0 Å². The summed E-state index contributed by atoms with van der Waals surface area (Å²) in [4.78, 5) is 44.8. The van der Waals surface area contributed by atoms with E-state index in [4.69, 9.17) is 21.6 Å². The van der Waals surface area contributed by atoms with Crippen molar-refractivity contribution in [2.75, 3.05) is 18.1 Å². The highest BCUT2D eigenvalue weighted by Crippen LogP contribution is 2.27. The molecule has 0 saturated carbocycles. The number of thiophene rings is 1. The van der Waals surface area contributed by atoms with E-state index in [1.54, 1.807) is 32.0 Å². The Labute approximate surface area is 193 Å². The van der Waals surface area contributed by atoms with E-state index in [0.29, 0.717) is 31.4 Å². The number of halogens is 1. The highest BCUT2D eigenvalue weighted by Gasteiger charge is 2.22. The lowest BCUT2D eigenvalue weighted by Crippen LogP contribution is -2.37. The first-order valence-corrected chi connectivity index (χ1v) is 11.1. The topological polar surface area (TPSA) is 105 Å². The van der Waals surface area contributed by atoms with Crippen molar-refractivity contribution >= 4 is 50.7 Å². The molecule has 1 aromatic carbocycles. The van der Waals surface area contributed by atoms with Gasteiger partial charge in [-0.15, -0.1) is 11.3 Å². The van der Waals surface area contributed by atoms with Crippen LogP contribution in [0.3, 0.4) is 0 Å². The van der Waals surface area contributed by atoms with Gasteiger partial charge in [-0.3, -0.25) is 14.2 Å². The Morgan fingerprint density at radius 1 is 1.34 bits per heavy atom. The van der Waals surface area contributed by atoms with Crippen LogP contribution in [-0.2, 0) is 16.1 Å². The average Bonchev–Trinajstić information content (AvgIpc) is 3.10. The van der Waals surface area contributed by atoms with Crippen LogP contribution in [0, 0.1) is 25.2 Å². The third-order valence-corrected chi connectivity index (χ3v) is 6.49. The minimum atomic E-state index is -0.504. The van der Waals surface area contributed by atoms with Gasteiger partial charge in [0.25, 0.3) is 5.56 Å². The van der Waals surface area contributed by atoms with Gasteiger partial charge >= 0.3 is 5.97 Å². The lowest BCUT2D eigenvalue weighted by molar-refractivity contribution is -0.119. The Morgan fingerprint density at radius 3 is 2.75 bits per heavy atom. The molecule has 8 nitrogen and oxygen atoms in total. The van der Waals surface area contributed by atoms with E-state index in [1.165, 1.54) is 15.8 Å². The Balaban J connectivity index is 1.96. The lowest BCUT2D eigenvalue weighted by atomic mass is 10.2. The Bertz CT molecular complexity index is 1290. The molecule has 0 fully saturated rings. The number of fused-ring (bicyclic) bond motifs is 1. The van der Waals surface area contributed by atoms with Crippen molar-refractivity contribution < 1.29 is 14.3 Å². The number of aryl methyl sites for hydroxylation is 2. The SMILES string of the molecule is CCOC(=O)c1sc2ncn(CC(=O)N(CCC#N)c3ccc(Cl)c(C)c3)c(=O)c2c1C. The second-order valence-corrected chi connectivity index (χ2v) is 8.43. The van der Waals surface area contributed by atoms with Crippen molar-refractivity contribution in [3.63, 3.8) is 0 Å². The first-order chi connectivity index (χ1) is 15.3. The van der Waals surface area contributed by atoms with Crippen LogP contribution >= 0.6 is 22.9 Å². The molecule has 0 saturated heterocycles. The summed E-state index contributed by atoms with van der Waals surface area (Å²) in [5, 5.41) is 9.86. The predicted octanol–water partition coefficient (Wildman–Crippen LogP) is 3.85. The van der Waals surface area contributed by atoms with E-state index in [-0.39, 0.29) is 32.0 Å². The monoisotopic (exact) mass is 472 g/mol. The molecule has 1 amide bonds. The zero-order chi connectivity index (χ0) is 23.4. The number of hydrogen-bond donors (Lipinski definition) is 0. The number of aromatic nitrogens is 2. The molecule has 0 atom stereocenters. The number of benzene rings is 1. The fraction of sp³-hybridized carbons (Fsp3) is 0.318. The number of nitrogens with zero attached hydrogens (tertiary/aromatic N) is 4. The zero-order valence-corrected chi connectivity index (χ0v) is 19.4. The molecule has 10 heteroatoms. The predicted molar refractivity (Wildman–Crippen MR) is 123 cm³/mol. The Morgan fingerprint density at radius 2 is 2.09 bits per heavy atom. The molecule has 0 radical (unpaired) electrons. The molecule has 0 aliphatic rings. The molecular weight excluding hydrogens is 452 g/mol. The Kier molecular flexibility index (Phi) is 7.28. The first kappa shape index (κ1) is 23.4. The van der Waals surface area contributed by atoms with Gasteiger partial charge in [-0.25, -0.2) is 9.78 Å². The highest BCUT2D eigenvalue weighted by atomic mass is 35.5. The minimum absolute atomic E-state index is 0.131. The van der Waals surface area contributed by atoms with Crippen molar-refractivity contribution in [2.24, 2.45) is 0 Å². The summed E-state index contributed by atoms with van der Waals surface area (Å²) in [7, 11) is 0. The van der Waals surface area contributed by atoms with Crippen molar-refractivity contribution in [1.29, 1.82) is 5.26 Å². The number of rotatable bonds is 7. The van der Waals surface area contributed by atoms with Crippen molar-refractivity contribution in [2.45, 2.75) is 33.7 Å². The third kappa shape index (κ3) is 4.66. The van der Waals surface area contributed by atoms with Crippen molar-refractivity contribution in [3.05, 3.63) is 55.9 Å². The standard InChI is InChI=1S/C22H21ClN4O4S/c1-4-31-22(30)19-14(3)18-20(32-19)25-12-26(21(18)29)11-17(28)27(9-5-8-24)15-6-7-16(23)13(2)10-15/h6-7,10,12H,4-5,9,11H2,1-3H3. The van der Waals surface area contributed by atoms with Crippen LogP contribution < -0.4 is 10.5 Å². The van der Waals surface area contributed by atoms with Gasteiger partial charge in [0.15, 0.2) is 0 Å². The van der Waals surface area contributed by atoms with E-state index >= 15 is 0 Å². The van der Waals surface area contributed by atoms with Gasteiger partial charge < -0.3 is 9.64 Å². The van der Waals surface area contributed by atoms with E-state index < -0.39 is 11.5 Å². The van der Waals surface area contributed by atoms with E-state index in [9.17, 15) is 14.4 Å². The van der Waals surface area contributed by atoms with Crippen LogP contribution in [0.5, 0.6) is 0 Å². The fourth-order valence-corrected chi connectivity index (χ4v) is 4.40. The Hall–Kier alpha value is -3.22. The molecule has 3 aromatic rings. The number of hydrogen-bond acceptors (Lipinski definition) is 7. The quantitative estimate of drug-likeness (QED) is 0.483. The van der Waals surface area contributed by atoms with Gasteiger partial charge in [0.05, 0.1) is 30.8 Å². The molecule has 2 aromatic heterocycles. The molecule has 0 unspecified atom stereocenters. The number of amides is 1. The molecule has 3 rings (SSSR count). The third-order valence-electron chi connectivity index (χ3n) is 4.89. The van der Waals surface area contributed by atoms with Gasteiger partial charge in [0, 0.05) is 17.3 Å². The molecule has 0 aliphatic carbocycles. The first-order valence-electron chi connectivity index (χ1n) is 9.87. The van der Waals surface area contributed by atoms with Crippen LogP contribution in [0.15, 0.2) is 29.3 Å².